The van der Waals surface area contributed by atoms with Gasteiger partial charge in [-0.25, -0.2) is 17.6 Å². The number of hydrogen-bond donors (Lipinski definition) is 1. The van der Waals surface area contributed by atoms with Crippen LogP contribution < -0.4 is 4.31 Å². The highest BCUT2D eigenvalue weighted by Crippen LogP contribution is 2.30. The summed E-state index contributed by atoms with van der Waals surface area (Å²) in [5, 5.41) is 8.99. The van der Waals surface area contributed by atoms with Crippen LogP contribution in [0.1, 0.15) is 15.2 Å². The molecule has 0 saturated carbocycles. The number of rotatable bonds is 4. The van der Waals surface area contributed by atoms with Gasteiger partial charge in [-0.05, 0) is 42.8 Å². The van der Waals surface area contributed by atoms with Gasteiger partial charge in [0.15, 0.2) is 0 Å². The number of benzene rings is 1. The molecule has 0 atom stereocenters. The minimum Gasteiger partial charge on any atom is -0.477 e. The fourth-order valence-corrected chi connectivity index (χ4v) is 4.46. The normalized spacial score (nSPS) is 11.4. The van der Waals surface area contributed by atoms with Crippen LogP contribution >= 0.6 is 11.3 Å². The maximum atomic E-state index is 12.9. The number of anilines is 1. The summed E-state index contributed by atoms with van der Waals surface area (Å²) in [6.07, 6.45) is 0. The van der Waals surface area contributed by atoms with Crippen LogP contribution in [0.25, 0.3) is 0 Å². The molecule has 2 aromatic rings. The Morgan fingerprint density at radius 1 is 1.29 bits per heavy atom. The summed E-state index contributed by atoms with van der Waals surface area (Å²) < 4.78 is 38.7. The standard InChI is InChI=1S/C13H12FNO4S2/c1-8-7-11(20-12(8)13(16)17)21(18,19)15(2)10-5-3-9(14)4-6-10/h3-7H,1-2H3,(H,16,17). The number of thiophene rings is 1. The molecule has 1 aromatic carbocycles. The molecular weight excluding hydrogens is 317 g/mol. The Kier molecular flexibility index (Phi) is 4.02. The minimum atomic E-state index is -3.87. The number of carboxylic acid groups (broad SMARTS) is 1. The Bertz CT molecular complexity index is 781. The highest BCUT2D eigenvalue weighted by molar-refractivity contribution is 7.94. The summed E-state index contributed by atoms with van der Waals surface area (Å²) in [6.45, 7) is 1.54. The van der Waals surface area contributed by atoms with E-state index in [1.165, 1.54) is 32.2 Å². The molecule has 0 aliphatic rings. The fraction of sp³-hybridized carbons (Fsp3) is 0.154. The van der Waals surface area contributed by atoms with Crippen LogP contribution in [-0.4, -0.2) is 26.5 Å². The Hall–Kier alpha value is -1.93. The molecule has 0 spiro atoms. The lowest BCUT2D eigenvalue weighted by molar-refractivity contribution is 0.0701. The Labute approximate surface area is 125 Å². The van der Waals surface area contributed by atoms with Crippen molar-refractivity contribution in [2.45, 2.75) is 11.1 Å². The SMILES string of the molecule is Cc1cc(S(=O)(=O)N(C)c2ccc(F)cc2)sc1C(=O)O. The molecule has 1 N–H and O–H groups in total. The van der Waals surface area contributed by atoms with Crippen molar-refractivity contribution in [2.24, 2.45) is 0 Å². The summed E-state index contributed by atoms with van der Waals surface area (Å²) in [5.74, 6) is -1.63. The van der Waals surface area contributed by atoms with Gasteiger partial charge in [0.05, 0.1) is 5.69 Å². The van der Waals surface area contributed by atoms with Gasteiger partial charge in [0.1, 0.15) is 14.9 Å². The number of aromatic carboxylic acids is 1. The van der Waals surface area contributed by atoms with Crippen LogP contribution in [0.15, 0.2) is 34.5 Å². The first kappa shape index (κ1) is 15.5. The van der Waals surface area contributed by atoms with Crippen molar-refractivity contribution in [1.82, 2.24) is 0 Å². The topological polar surface area (TPSA) is 74.7 Å². The second-order valence-corrected chi connectivity index (χ2v) is 7.58. The van der Waals surface area contributed by atoms with Gasteiger partial charge >= 0.3 is 5.97 Å². The number of carboxylic acids is 1. The molecule has 0 aliphatic heterocycles. The zero-order valence-corrected chi connectivity index (χ0v) is 12.8. The molecule has 0 amide bonds. The number of aryl methyl sites for hydroxylation is 1. The van der Waals surface area contributed by atoms with Crippen molar-refractivity contribution in [3.8, 4) is 0 Å². The van der Waals surface area contributed by atoms with Crippen molar-refractivity contribution >= 4 is 33.0 Å². The third-order valence-corrected chi connectivity index (χ3v) is 6.35. The molecule has 0 bridgehead atoms. The monoisotopic (exact) mass is 329 g/mol. The van der Waals surface area contributed by atoms with Gasteiger partial charge in [-0.15, -0.1) is 11.3 Å². The molecule has 1 heterocycles. The molecule has 112 valence electrons. The van der Waals surface area contributed by atoms with Gasteiger partial charge in [-0.1, -0.05) is 0 Å². The van der Waals surface area contributed by atoms with Crippen molar-refractivity contribution in [3.05, 3.63) is 46.6 Å². The molecular formula is C13H12FNO4S2. The summed E-state index contributed by atoms with van der Waals surface area (Å²) in [4.78, 5) is 11.0. The van der Waals surface area contributed by atoms with Gasteiger partial charge in [0, 0.05) is 7.05 Å². The average molecular weight is 329 g/mol. The van der Waals surface area contributed by atoms with Crippen molar-refractivity contribution < 1.29 is 22.7 Å². The van der Waals surface area contributed by atoms with E-state index in [0.717, 1.165) is 16.4 Å². The predicted octanol–water partition coefficient (Wildman–Crippen LogP) is 2.72. The largest absolute Gasteiger partial charge is 0.477 e. The summed E-state index contributed by atoms with van der Waals surface area (Å²) >= 11 is 0.697. The quantitative estimate of drug-likeness (QED) is 0.936. The van der Waals surface area contributed by atoms with E-state index in [1.54, 1.807) is 0 Å². The van der Waals surface area contributed by atoms with E-state index < -0.39 is 21.8 Å². The van der Waals surface area contributed by atoms with Crippen molar-refractivity contribution in [2.75, 3.05) is 11.4 Å². The van der Waals surface area contributed by atoms with Gasteiger partial charge in [0.25, 0.3) is 10.0 Å². The summed E-state index contributed by atoms with van der Waals surface area (Å²) in [7, 11) is -2.54. The zero-order chi connectivity index (χ0) is 15.8. The molecule has 0 fully saturated rings. The summed E-state index contributed by atoms with van der Waals surface area (Å²) in [6, 6.07) is 6.31. The van der Waals surface area contributed by atoms with E-state index in [9.17, 15) is 17.6 Å². The molecule has 2 rings (SSSR count). The molecule has 21 heavy (non-hydrogen) atoms. The Balaban J connectivity index is 2.44. The minimum absolute atomic E-state index is 0.0129. The van der Waals surface area contributed by atoms with Crippen LogP contribution in [-0.2, 0) is 10.0 Å². The lowest BCUT2D eigenvalue weighted by atomic mass is 10.3. The third-order valence-electron chi connectivity index (χ3n) is 2.89. The molecule has 1 aromatic heterocycles. The molecule has 8 heteroatoms. The number of sulfonamides is 1. The lowest BCUT2D eigenvalue weighted by Crippen LogP contribution is -2.25. The van der Waals surface area contributed by atoms with E-state index >= 15 is 0 Å². The first-order valence-electron chi connectivity index (χ1n) is 5.81. The van der Waals surface area contributed by atoms with Crippen LogP contribution in [0.3, 0.4) is 0 Å². The van der Waals surface area contributed by atoms with Crippen LogP contribution in [0.2, 0.25) is 0 Å². The smallest absolute Gasteiger partial charge is 0.346 e. The van der Waals surface area contributed by atoms with Crippen LogP contribution in [0.5, 0.6) is 0 Å². The van der Waals surface area contributed by atoms with E-state index in [0.29, 0.717) is 22.6 Å². The number of halogens is 1. The van der Waals surface area contributed by atoms with Crippen molar-refractivity contribution in [3.63, 3.8) is 0 Å². The second kappa shape index (κ2) is 5.45. The first-order chi connectivity index (χ1) is 9.73. The van der Waals surface area contributed by atoms with Crippen LogP contribution in [0.4, 0.5) is 10.1 Å². The Morgan fingerprint density at radius 2 is 1.86 bits per heavy atom. The van der Waals surface area contributed by atoms with Gasteiger partial charge in [-0.3, -0.25) is 4.31 Å². The highest BCUT2D eigenvalue weighted by atomic mass is 32.2. The first-order valence-corrected chi connectivity index (χ1v) is 8.07. The van der Waals surface area contributed by atoms with Crippen molar-refractivity contribution in [1.29, 1.82) is 0 Å². The summed E-state index contributed by atoms with van der Waals surface area (Å²) in [5.41, 5.74) is 0.679. The van der Waals surface area contributed by atoms with E-state index in [1.807, 2.05) is 0 Å². The molecule has 0 radical (unpaired) electrons. The van der Waals surface area contributed by atoms with Gasteiger partial charge in [0.2, 0.25) is 0 Å². The number of hydrogen-bond acceptors (Lipinski definition) is 4. The molecule has 5 nitrogen and oxygen atoms in total. The fourth-order valence-electron chi connectivity index (χ4n) is 1.72. The molecule has 0 unspecified atom stereocenters. The highest BCUT2D eigenvalue weighted by Gasteiger charge is 2.26. The number of carbonyl (C=O) groups is 1. The predicted molar refractivity (Wildman–Crippen MR) is 78.0 cm³/mol. The Morgan fingerprint density at radius 3 is 2.33 bits per heavy atom. The average Bonchev–Trinajstić information content (AvgIpc) is 2.82. The molecule has 0 saturated heterocycles. The maximum Gasteiger partial charge on any atom is 0.346 e. The van der Waals surface area contributed by atoms with Gasteiger partial charge < -0.3 is 5.11 Å². The van der Waals surface area contributed by atoms with E-state index in [4.69, 9.17) is 5.11 Å². The molecule has 0 aliphatic carbocycles. The van der Waals surface area contributed by atoms with E-state index in [2.05, 4.69) is 0 Å². The van der Waals surface area contributed by atoms with Crippen LogP contribution in [0, 0.1) is 12.7 Å². The maximum absolute atomic E-state index is 12.9. The third kappa shape index (κ3) is 2.91. The van der Waals surface area contributed by atoms with E-state index in [-0.39, 0.29) is 9.09 Å². The lowest BCUT2D eigenvalue weighted by Gasteiger charge is -2.18. The number of nitrogens with zero attached hydrogens (tertiary/aromatic N) is 1. The zero-order valence-electron chi connectivity index (χ0n) is 11.2. The van der Waals surface area contributed by atoms with Gasteiger partial charge in [-0.2, -0.15) is 0 Å². The second-order valence-electron chi connectivity index (χ2n) is 4.33.